The zero-order valence-corrected chi connectivity index (χ0v) is 13.4. The van der Waals surface area contributed by atoms with Gasteiger partial charge in [-0.1, -0.05) is 22.0 Å². The molecule has 0 saturated heterocycles. The molecule has 0 fully saturated rings. The molecule has 0 spiro atoms. The van der Waals surface area contributed by atoms with Gasteiger partial charge in [0, 0.05) is 22.9 Å². The number of aliphatic hydroxyl groups excluding tert-OH is 1. The average Bonchev–Trinajstić information content (AvgIpc) is 2.46. The molecule has 0 aliphatic rings. The number of nitrogens with zero attached hydrogens (tertiary/aromatic N) is 1. The molecule has 106 valence electrons. The minimum atomic E-state index is -0.482. The van der Waals surface area contributed by atoms with E-state index in [4.69, 9.17) is 4.74 Å². The Bertz CT molecular complexity index is 582. The number of halogens is 1. The third-order valence-corrected chi connectivity index (χ3v) is 3.97. The summed E-state index contributed by atoms with van der Waals surface area (Å²) in [6.45, 7) is 1.76. The van der Waals surface area contributed by atoms with Crippen LogP contribution in [0, 0.1) is 0 Å². The van der Waals surface area contributed by atoms with E-state index < -0.39 is 6.10 Å². The van der Waals surface area contributed by atoms with Crippen LogP contribution in [-0.2, 0) is 0 Å². The molecule has 4 heteroatoms. The summed E-state index contributed by atoms with van der Waals surface area (Å²) in [6.07, 6.45) is -0.482. The Hall–Kier alpha value is -1.52. The summed E-state index contributed by atoms with van der Waals surface area (Å²) in [5.74, 6) is 0.841. The normalized spacial score (nSPS) is 12.1. The summed E-state index contributed by atoms with van der Waals surface area (Å²) < 4.78 is 6.07. The SMILES string of the molecule is COc1ccc(N(C)c2ccc([C@H](C)O)c(Br)c2)cc1. The van der Waals surface area contributed by atoms with Crippen molar-refractivity contribution in [1.82, 2.24) is 0 Å². The second-order valence-electron chi connectivity index (χ2n) is 4.64. The molecule has 0 radical (unpaired) electrons. The molecule has 20 heavy (non-hydrogen) atoms. The third-order valence-electron chi connectivity index (χ3n) is 3.28. The van der Waals surface area contributed by atoms with E-state index in [9.17, 15) is 5.11 Å². The second kappa shape index (κ2) is 6.29. The largest absolute Gasteiger partial charge is 0.497 e. The molecule has 0 aromatic heterocycles. The van der Waals surface area contributed by atoms with E-state index in [2.05, 4.69) is 20.8 Å². The van der Waals surface area contributed by atoms with Gasteiger partial charge in [-0.25, -0.2) is 0 Å². The fourth-order valence-corrected chi connectivity index (χ4v) is 2.72. The van der Waals surface area contributed by atoms with E-state index >= 15 is 0 Å². The number of rotatable bonds is 4. The zero-order valence-electron chi connectivity index (χ0n) is 11.8. The lowest BCUT2D eigenvalue weighted by Gasteiger charge is -2.21. The van der Waals surface area contributed by atoms with Gasteiger partial charge in [0.2, 0.25) is 0 Å². The average molecular weight is 336 g/mol. The molecule has 1 atom stereocenters. The van der Waals surface area contributed by atoms with Crippen molar-refractivity contribution in [3.8, 4) is 5.75 Å². The van der Waals surface area contributed by atoms with Crippen LogP contribution in [0.25, 0.3) is 0 Å². The van der Waals surface area contributed by atoms with Crippen LogP contribution < -0.4 is 9.64 Å². The quantitative estimate of drug-likeness (QED) is 0.905. The van der Waals surface area contributed by atoms with E-state index in [-0.39, 0.29) is 0 Å². The van der Waals surface area contributed by atoms with Gasteiger partial charge in [-0.05, 0) is 48.9 Å². The van der Waals surface area contributed by atoms with Crippen molar-refractivity contribution in [2.75, 3.05) is 19.1 Å². The van der Waals surface area contributed by atoms with Crippen molar-refractivity contribution in [2.24, 2.45) is 0 Å². The van der Waals surface area contributed by atoms with Crippen LogP contribution in [-0.4, -0.2) is 19.3 Å². The van der Waals surface area contributed by atoms with Gasteiger partial charge in [0.05, 0.1) is 13.2 Å². The highest BCUT2D eigenvalue weighted by atomic mass is 79.9. The summed E-state index contributed by atoms with van der Waals surface area (Å²) in [5.41, 5.74) is 3.01. The molecule has 0 aliphatic carbocycles. The minimum absolute atomic E-state index is 0.482. The molecule has 0 unspecified atom stereocenters. The maximum atomic E-state index is 9.65. The van der Waals surface area contributed by atoms with Crippen molar-refractivity contribution < 1.29 is 9.84 Å². The topological polar surface area (TPSA) is 32.7 Å². The molecule has 0 amide bonds. The van der Waals surface area contributed by atoms with Gasteiger partial charge in [0.1, 0.15) is 5.75 Å². The monoisotopic (exact) mass is 335 g/mol. The molecule has 0 bridgehead atoms. The predicted octanol–water partition coefficient (Wildman–Crippen LogP) is 4.28. The van der Waals surface area contributed by atoms with Crippen LogP contribution in [0.5, 0.6) is 5.75 Å². The Labute approximate surface area is 127 Å². The van der Waals surface area contributed by atoms with E-state index in [1.807, 2.05) is 49.5 Å². The first-order chi connectivity index (χ1) is 9.52. The summed E-state index contributed by atoms with van der Waals surface area (Å²) in [5, 5.41) is 9.65. The lowest BCUT2D eigenvalue weighted by Crippen LogP contribution is -2.09. The number of methoxy groups -OCH3 is 1. The Kier molecular flexibility index (Phi) is 4.68. The first kappa shape index (κ1) is 14.9. The standard InChI is InChI=1S/C16H18BrNO2/c1-11(19)15-9-6-13(10-16(15)17)18(2)12-4-7-14(20-3)8-5-12/h4-11,19H,1-3H3/t11-/m0/s1. The highest BCUT2D eigenvalue weighted by molar-refractivity contribution is 9.10. The maximum Gasteiger partial charge on any atom is 0.119 e. The number of anilines is 2. The number of aliphatic hydroxyl groups is 1. The molecular formula is C16H18BrNO2. The summed E-state index contributed by atoms with van der Waals surface area (Å²) in [7, 11) is 3.66. The minimum Gasteiger partial charge on any atom is -0.497 e. The van der Waals surface area contributed by atoms with Crippen molar-refractivity contribution in [1.29, 1.82) is 0 Å². The second-order valence-corrected chi connectivity index (χ2v) is 5.49. The first-order valence-electron chi connectivity index (χ1n) is 6.38. The van der Waals surface area contributed by atoms with Gasteiger partial charge < -0.3 is 14.7 Å². The van der Waals surface area contributed by atoms with Crippen molar-refractivity contribution in [3.05, 3.63) is 52.5 Å². The summed E-state index contributed by atoms with van der Waals surface area (Å²) >= 11 is 3.50. The molecule has 0 saturated carbocycles. The Morgan fingerprint density at radius 3 is 2.20 bits per heavy atom. The lowest BCUT2D eigenvalue weighted by molar-refractivity contribution is 0.198. The van der Waals surface area contributed by atoms with Crippen LogP contribution in [0.2, 0.25) is 0 Å². The van der Waals surface area contributed by atoms with Crippen LogP contribution >= 0.6 is 15.9 Å². The third kappa shape index (κ3) is 3.14. The zero-order chi connectivity index (χ0) is 14.7. The number of hydrogen-bond acceptors (Lipinski definition) is 3. The first-order valence-corrected chi connectivity index (χ1v) is 7.17. The van der Waals surface area contributed by atoms with Crippen LogP contribution in [0.1, 0.15) is 18.6 Å². The van der Waals surface area contributed by atoms with Crippen molar-refractivity contribution in [2.45, 2.75) is 13.0 Å². The fraction of sp³-hybridized carbons (Fsp3) is 0.250. The number of benzene rings is 2. The molecule has 1 N–H and O–H groups in total. The van der Waals surface area contributed by atoms with Gasteiger partial charge in [-0.3, -0.25) is 0 Å². The Morgan fingerprint density at radius 1 is 1.10 bits per heavy atom. The summed E-state index contributed by atoms with van der Waals surface area (Å²) in [6, 6.07) is 13.8. The van der Waals surface area contributed by atoms with E-state index in [1.165, 1.54) is 0 Å². The van der Waals surface area contributed by atoms with Gasteiger partial charge in [0.15, 0.2) is 0 Å². The molecule has 3 nitrogen and oxygen atoms in total. The number of ether oxygens (including phenoxy) is 1. The molecular weight excluding hydrogens is 318 g/mol. The molecule has 0 heterocycles. The van der Waals surface area contributed by atoms with E-state index in [0.29, 0.717) is 0 Å². The van der Waals surface area contributed by atoms with Crippen LogP contribution in [0.15, 0.2) is 46.9 Å². The molecule has 0 aliphatic heterocycles. The van der Waals surface area contributed by atoms with Gasteiger partial charge >= 0.3 is 0 Å². The van der Waals surface area contributed by atoms with Crippen molar-refractivity contribution >= 4 is 27.3 Å². The summed E-state index contributed by atoms with van der Waals surface area (Å²) in [4.78, 5) is 2.08. The molecule has 2 rings (SSSR count). The van der Waals surface area contributed by atoms with Gasteiger partial charge in [0.25, 0.3) is 0 Å². The van der Waals surface area contributed by atoms with Gasteiger partial charge in [-0.15, -0.1) is 0 Å². The van der Waals surface area contributed by atoms with E-state index in [0.717, 1.165) is 27.2 Å². The van der Waals surface area contributed by atoms with E-state index in [1.54, 1.807) is 14.0 Å². The van der Waals surface area contributed by atoms with Crippen LogP contribution in [0.4, 0.5) is 11.4 Å². The molecule has 2 aromatic rings. The predicted molar refractivity (Wildman–Crippen MR) is 85.8 cm³/mol. The maximum absolute atomic E-state index is 9.65. The van der Waals surface area contributed by atoms with Crippen LogP contribution in [0.3, 0.4) is 0 Å². The van der Waals surface area contributed by atoms with Gasteiger partial charge in [-0.2, -0.15) is 0 Å². The number of hydrogen-bond donors (Lipinski definition) is 1. The Balaban J connectivity index is 2.28. The smallest absolute Gasteiger partial charge is 0.119 e. The molecule has 2 aromatic carbocycles. The highest BCUT2D eigenvalue weighted by Crippen LogP contribution is 2.31. The lowest BCUT2D eigenvalue weighted by atomic mass is 10.1. The highest BCUT2D eigenvalue weighted by Gasteiger charge is 2.10. The fourth-order valence-electron chi connectivity index (χ4n) is 2.02. The Morgan fingerprint density at radius 2 is 1.70 bits per heavy atom. The van der Waals surface area contributed by atoms with Crippen molar-refractivity contribution in [3.63, 3.8) is 0 Å².